The summed E-state index contributed by atoms with van der Waals surface area (Å²) < 4.78 is 0. The van der Waals surface area contributed by atoms with E-state index in [1.54, 1.807) is 11.0 Å². The van der Waals surface area contributed by atoms with Crippen LogP contribution in [0.1, 0.15) is 10.4 Å². The molecule has 0 aliphatic carbocycles. The van der Waals surface area contributed by atoms with E-state index in [0.29, 0.717) is 11.4 Å². The maximum absolute atomic E-state index is 10.7. The number of nitrogens with zero attached hydrogens (tertiary/aromatic N) is 1. The summed E-state index contributed by atoms with van der Waals surface area (Å²) in [6.07, 6.45) is -1.60. The van der Waals surface area contributed by atoms with Crippen LogP contribution in [0.5, 0.6) is 0 Å². The quantitative estimate of drug-likeness (QED) is 0.518. The Kier molecular flexibility index (Phi) is 2.91. The van der Waals surface area contributed by atoms with Crippen LogP contribution in [0.15, 0.2) is 18.2 Å². The second-order valence-corrected chi connectivity index (χ2v) is 4.12. The number of nitrogen functional groups attached to an aromatic ring is 1. The molecule has 1 fully saturated rings. The predicted octanol–water partition coefficient (Wildman–Crippen LogP) is -0.491. The number of carboxylic acid groups (broad SMARTS) is 1. The van der Waals surface area contributed by atoms with Gasteiger partial charge < -0.3 is 26.0 Å². The van der Waals surface area contributed by atoms with E-state index >= 15 is 0 Å². The normalized spacial score (nSPS) is 24.0. The van der Waals surface area contributed by atoms with Gasteiger partial charge in [0.1, 0.15) is 0 Å². The van der Waals surface area contributed by atoms with E-state index < -0.39 is 18.2 Å². The standard InChI is InChI=1S/C11H14N2O4/c12-7-3-6(11(16)17)1-2-8(7)13-4-9(14)10(15)5-13/h1-3,9-10,14-15H,4-5,12H2,(H,16,17). The first-order valence-corrected chi connectivity index (χ1v) is 5.23. The summed E-state index contributed by atoms with van der Waals surface area (Å²) in [5.41, 5.74) is 6.83. The number of anilines is 2. The fourth-order valence-electron chi connectivity index (χ4n) is 1.94. The number of carboxylic acids is 1. The van der Waals surface area contributed by atoms with E-state index in [1.165, 1.54) is 12.1 Å². The van der Waals surface area contributed by atoms with Gasteiger partial charge in [-0.15, -0.1) is 0 Å². The monoisotopic (exact) mass is 238 g/mol. The molecule has 1 aliphatic heterocycles. The van der Waals surface area contributed by atoms with Gasteiger partial charge in [0.25, 0.3) is 0 Å². The highest BCUT2D eigenvalue weighted by atomic mass is 16.4. The maximum Gasteiger partial charge on any atom is 0.335 e. The predicted molar refractivity (Wildman–Crippen MR) is 62.0 cm³/mol. The number of aromatic carboxylic acids is 1. The minimum Gasteiger partial charge on any atom is -0.478 e. The Hall–Kier alpha value is -1.79. The Morgan fingerprint density at radius 1 is 1.29 bits per heavy atom. The van der Waals surface area contributed by atoms with Crippen LogP contribution in [0.3, 0.4) is 0 Å². The van der Waals surface area contributed by atoms with Gasteiger partial charge in [0.15, 0.2) is 0 Å². The highest BCUT2D eigenvalue weighted by molar-refractivity contribution is 5.90. The van der Waals surface area contributed by atoms with Crippen molar-refractivity contribution >= 4 is 17.3 Å². The molecule has 0 amide bonds. The van der Waals surface area contributed by atoms with Gasteiger partial charge in [0.05, 0.1) is 29.1 Å². The molecule has 1 aliphatic rings. The fourth-order valence-corrected chi connectivity index (χ4v) is 1.94. The molecule has 92 valence electrons. The lowest BCUT2D eigenvalue weighted by atomic mass is 10.1. The molecule has 6 nitrogen and oxygen atoms in total. The van der Waals surface area contributed by atoms with E-state index in [9.17, 15) is 15.0 Å². The lowest BCUT2D eigenvalue weighted by Gasteiger charge is -2.19. The average Bonchev–Trinajstić information content (AvgIpc) is 2.58. The second kappa shape index (κ2) is 4.23. The van der Waals surface area contributed by atoms with E-state index in [-0.39, 0.29) is 18.7 Å². The third-order valence-electron chi connectivity index (χ3n) is 2.87. The van der Waals surface area contributed by atoms with Crippen molar-refractivity contribution in [3.63, 3.8) is 0 Å². The van der Waals surface area contributed by atoms with Gasteiger partial charge in [-0.3, -0.25) is 0 Å². The van der Waals surface area contributed by atoms with Crippen LogP contribution in [-0.2, 0) is 0 Å². The van der Waals surface area contributed by atoms with Crippen molar-refractivity contribution in [2.24, 2.45) is 0 Å². The number of hydrogen-bond donors (Lipinski definition) is 4. The van der Waals surface area contributed by atoms with Gasteiger partial charge in [-0.25, -0.2) is 4.79 Å². The van der Waals surface area contributed by atoms with Crippen molar-refractivity contribution in [1.82, 2.24) is 0 Å². The van der Waals surface area contributed by atoms with Crippen LogP contribution in [0.4, 0.5) is 11.4 Å². The highest BCUT2D eigenvalue weighted by Crippen LogP contribution is 2.27. The van der Waals surface area contributed by atoms with Gasteiger partial charge in [0.2, 0.25) is 0 Å². The Bertz CT molecular complexity index is 439. The zero-order valence-electron chi connectivity index (χ0n) is 9.08. The first kappa shape index (κ1) is 11.7. The fraction of sp³-hybridized carbons (Fsp3) is 0.364. The van der Waals surface area contributed by atoms with E-state index in [1.807, 2.05) is 0 Å². The van der Waals surface area contributed by atoms with Gasteiger partial charge in [-0.2, -0.15) is 0 Å². The highest BCUT2D eigenvalue weighted by Gasteiger charge is 2.30. The van der Waals surface area contributed by atoms with Crippen molar-refractivity contribution < 1.29 is 20.1 Å². The molecule has 1 saturated heterocycles. The molecule has 0 saturated carbocycles. The topological polar surface area (TPSA) is 107 Å². The van der Waals surface area contributed by atoms with E-state index in [2.05, 4.69) is 0 Å². The van der Waals surface area contributed by atoms with Crippen molar-refractivity contribution in [2.75, 3.05) is 23.7 Å². The van der Waals surface area contributed by atoms with Crippen LogP contribution >= 0.6 is 0 Å². The van der Waals surface area contributed by atoms with Crippen LogP contribution < -0.4 is 10.6 Å². The SMILES string of the molecule is Nc1cc(C(=O)O)ccc1N1CC(O)C(O)C1. The largest absolute Gasteiger partial charge is 0.478 e. The molecule has 5 N–H and O–H groups in total. The Balaban J connectivity index is 2.26. The number of rotatable bonds is 2. The molecule has 0 radical (unpaired) electrons. The molecule has 0 aromatic heterocycles. The molecule has 1 heterocycles. The summed E-state index contributed by atoms with van der Waals surface area (Å²) in [4.78, 5) is 12.5. The zero-order chi connectivity index (χ0) is 12.6. The van der Waals surface area contributed by atoms with Crippen LogP contribution in [0.25, 0.3) is 0 Å². The van der Waals surface area contributed by atoms with Gasteiger partial charge in [-0.05, 0) is 18.2 Å². The number of aliphatic hydroxyl groups excluding tert-OH is 2. The van der Waals surface area contributed by atoms with Crippen molar-refractivity contribution in [3.05, 3.63) is 23.8 Å². The average molecular weight is 238 g/mol. The minimum atomic E-state index is -1.04. The number of nitrogens with two attached hydrogens (primary N) is 1. The minimum absolute atomic E-state index is 0.117. The summed E-state index contributed by atoms with van der Waals surface area (Å²) in [5.74, 6) is -1.04. The third-order valence-corrected chi connectivity index (χ3v) is 2.87. The molecule has 1 aromatic rings. The Labute approximate surface area is 97.9 Å². The van der Waals surface area contributed by atoms with Crippen molar-refractivity contribution in [2.45, 2.75) is 12.2 Å². The van der Waals surface area contributed by atoms with Gasteiger partial charge in [0, 0.05) is 13.1 Å². The first-order valence-electron chi connectivity index (χ1n) is 5.23. The number of benzene rings is 1. The van der Waals surface area contributed by atoms with E-state index in [4.69, 9.17) is 10.8 Å². The zero-order valence-corrected chi connectivity index (χ0v) is 9.08. The van der Waals surface area contributed by atoms with Crippen LogP contribution in [0.2, 0.25) is 0 Å². The number of hydrogen-bond acceptors (Lipinski definition) is 5. The molecule has 2 rings (SSSR count). The van der Waals surface area contributed by atoms with Crippen LogP contribution in [-0.4, -0.2) is 46.6 Å². The molecule has 17 heavy (non-hydrogen) atoms. The molecule has 1 aromatic carbocycles. The Morgan fingerprint density at radius 2 is 1.88 bits per heavy atom. The molecular weight excluding hydrogens is 224 g/mol. The first-order chi connectivity index (χ1) is 7.99. The van der Waals surface area contributed by atoms with E-state index in [0.717, 1.165) is 0 Å². The summed E-state index contributed by atoms with van der Waals surface area (Å²) in [5, 5.41) is 27.7. The van der Waals surface area contributed by atoms with Gasteiger partial charge in [-0.1, -0.05) is 0 Å². The molecule has 6 heteroatoms. The lowest BCUT2D eigenvalue weighted by molar-refractivity contribution is 0.0572. The Morgan fingerprint density at radius 3 is 2.35 bits per heavy atom. The number of β-amino-alcohol motifs (C(OH)–C–C–N with tert-alkyl or cyclic N) is 2. The molecule has 0 spiro atoms. The van der Waals surface area contributed by atoms with Gasteiger partial charge >= 0.3 is 5.97 Å². The molecular formula is C11H14N2O4. The summed E-state index contributed by atoms with van der Waals surface area (Å²) in [6.45, 7) is 0.579. The van der Waals surface area contributed by atoms with Crippen molar-refractivity contribution in [1.29, 1.82) is 0 Å². The van der Waals surface area contributed by atoms with Crippen molar-refractivity contribution in [3.8, 4) is 0 Å². The number of aliphatic hydroxyl groups is 2. The molecule has 2 atom stereocenters. The lowest BCUT2D eigenvalue weighted by Crippen LogP contribution is -2.22. The summed E-state index contributed by atoms with van der Waals surface area (Å²) in [7, 11) is 0. The smallest absolute Gasteiger partial charge is 0.335 e. The second-order valence-electron chi connectivity index (χ2n) is 4.12. The number of carbonyl (C=O) groups is 1. The summed E-state index contributed by atoms with van der Waals surface area (Å²) in [6, 6.07) is 4.41. The third kappa shape index (κ3) is 2.17. The summed E-state index contributed by atoms with van der Waals surface area (Å²) >= 11 is 0. The van der Waals surface area contributed by atoms with Crippen LogP contribution in [0, 0.1) is 0 Å². The molecule has 0 bridgehead atoms. The maximum atomic E-state index is 10.7. The molecule has 2 unspecified atom stereocenters.